The highest BCUT2D eigenvalue weighted by Crippen LogP contribution is 2.26. The summed E-state index contributed by atoms with van der Waals surface area (Å²) in [5.74, 6) is 0.0683. The number of rotatable bonds is 6. The van der Waals surface area contributed by atoms with Crippen molar-refractivity contribution >= 4 is 46.5 Å². The summed E-state index contributed by atoms with van der Waals surface area (Å²) in [7, 11) is 0. The van der Waals surface area contributed by atoms with Crippen LogP contribution in [-0.2, 0) is 4.79 Å². The van der Waals surface area contributed by atoms with Gasteiger partial charge in [-0.25, -0.2) is 0 Å². The lowest BCUT2D eigenvalue weighted by Crippen LogP contribution is -2.30. The van der Waals surface area contributed by atoms with Gasteiger partial charge in [-0.3, -0.25) is 9.20 Å². The number of carbonyl (C=O) groups excluding carboxylic acids is 1. The van der Waals surface area contributed by atoms with Crippen LogP contribution in [0.4, 0.5) is 0 Å². The SMILES string of the molecule is O=C(CSc1nnc2c(Cl)cc(Cl)cn12)NC(c1ccccc1)c1ccccc1. The number of hydrogen-bond donors (Lipinski definition) is 1. The molecule has 0 spiro atoms. The van der Waals surface area contributed by atoms with Gasteiger partial charge in [0.2, 0.25) is 5.91 Å². The van der Waals surface area contributed by atoms with Gasteiger partial charge in [-0.15, -0.1) is 10.2 Å². The summed E-state index contributed by atoms with van der Waals surface area (Å²) < 4.78 is 1.69. The van der Waals surface area contributed by atoms with E-state index >= 15 is 0 Å². The van der Waals surface area contributed by atoms with Crippen LogP contribution < -0.4 is 5.32 Å². The fourth-order valence-corrected chi connectivity index (χ4v) is 4.21. The zero-order valence-corrected chi connectivity index (χ0v) is 17.5. The summed E-state index contributed by atoms with van der Waals surface area (Å²) in [5, 5.41) is 12.7. The summed E-state index contributed by atoms with van der Waals surface area (Å²) in [5.41, 5.74) is 2.54. The van der Waals surface area contributed by atoms with Crippen LogP contribution in [0, 0.1) is 0 Å². The second-order valence-electron chi connectivity index (χ2n) is 6.29. The number of thioether (sulfide) groups is 1. The Labute approximate surface area is 182 Å². The number of amides is 1. The normalized spacial score (nSPS) is 11.1. The van der Waals surface area contributed by atoms with Gasteiger partial charge in [0.15, 0.2) is 10.8 Å². The summed E-state index contributed by atoms with van der Waals surface area (Å²) in [6.07, 6.45) is 1.68. The first-order chi connectivity index (χ1) is 14.1. The molecule has 0 bridgehead atoms. The maximum atomic E-state index is 12.7. The van der Waals surface area contributed by atoms with Gasteiger partial charge in [-0.1, -0.05) is 95.6 Å². The summed E-state index contributed by atoms with van der Waals surface area (Å²) in [4.78, 5) is 12.7. The fraction of sp³-hybridized carbons (Fsp3) is 0.0952. The van der Waals surface area contributed by atoms with Gasteiger partial charge in [-0.05, 0) is 17.2 Å². The van der Waals surface area contributed by atoms with Crippen LogP contribution in [0.1, 0.15) is 17.2 Å². The van der Waals surface area contributed by atoms with Crippen molar-refractivity contribution in [2.75, 3.05) is 5.75 Å². The second kappa shape index (κ2) is 8.86. The molecule has 0 aliphatic rings. The first kappa shape index (κ1) is 19.8. The number of nitrogens with zero attached hydrogens (tertiary/aromatic N) is 3. The minimum absolute atomic E-state index is 0.113. The average molecular weight is 443 g/mol. The van der Waals surface area contributed by atoms with Crippen LogP contribution in [0.25, 0.3) is 5.65 Å². The molecule has 29 heavy (non-hydrogen) atoms. The average Bonchev–Trinajstić information content (AvgIpc) is 3.15. The fourth-order valence-electron chi connectivity index (χ4n) is 2.98. The standard InChI is InChI=1S/C21H16Cl2N4OS/c22-16-11-17(23)20-25-26-21(27(20)12-16)29-13-18(28)24-19(14-7-3-1-4-8-14)15-9-5-2-6-10-15/h1-12,19H,13H2,(H,24,28). The minimum atomic E-state index is -0.232. The quantitative estimate of drug-likeness (QED) is 0.425. The monoisotopic (exact) mass is 442 g/mol. The topological polar surface area (TPSA) is 59.3 Å². The van der Waals surface area contributed by atoms with Crippen molar-refractivity contribution < 1.29 is 4.79 Å². The molecule has 0 aliphatic heterocycles. The maximum Gasteiger partial charge on any atom is 0.231 e. The zero-order chi connectivity index (χ0) is 20.2. The van der Waals surface area contributed by atoms with E-state index < -0.39 is 0 Å². The summed E-state index contributed by atoms with van der Waals surface area (Å²) in [6.45, 7) is 0. The van der Waals surface area contributed by atoms with E-state index in [1.54, 1.807) is 16.7 Å². The molecule has 5 nitrogen and oxygen atoms in total. The molecule has 146 valence electrons. The van der Waals surface area contributed by atoms with Crippen molar-refractivity contribution in [1.82, 2.24) is 19.9 Å². The number of hydrogen-bond acceptors (Lipinski definition) is 4. The number of pyridine rings is 1. The van der Waals surface area contributed by atoms with Crippen molar-refractivity contribution in [3.05, 3.63) is 94.1 Å². The molecule has 0 fully saturated rings. The van der Waals surface area contributed by atoms with Crippen LogP contribution in [-0.4, -0.2) is 26.3 Å². The smallest absolute Gasteiger partial charge is 0.231 e. The van der Waals surface area contributed by atoms with E-state index in [1.165, 1.54) is 11.8 Å². The van der Waals surface area contributed by atoms with Crippen LogP contribution in [0.2, 0.25) is 10.0 Å². The zero-order valence-electron chi connectivity index (χ0n) is 15.1. The molecule has 4 rings (SSSR count). The predicted octanol–water partition coefficient (Wildman–Crippen LogP) is 5.03. The van der Waals surface area contributed by atoms with Gasteiger partial charge < -0.3 is 5.32 Å². The summed E-state index contributed by atoms with van der Waals surface area (Å²) in [6, 6.07) is 21.1. The molecule has 1 amide bonds. The van der Waals surface area contributed by atoms with Crippen LogP contribution in [0.5, 0.6) is 0 Å². The molecule has 0 radical (unpaired) electrons. The van der Waals surface area contributed by atoms with Gasteiger partial charge in [-0.2, -0.15) is 0 Å². The Bertz CT molecular complexity index is 1100. The molecule has 4 aromatic rings. The lowest BCUT2D eigenvalue weighted by Gasteiger charge is -2.19. The van der Waals surface area contributed by atoms with Crippen LogP contribution >= 0.6 is 35.0 Å². The molecule has 0 saturated heterocycles. The minimum Gasteiger partial charge on any atom is -0.344 e. The van der Waals surface area contributed by atoms with Gasteiger partial charge in [0, 0.05) is 6.20 Å². The van der Waals surface area contributed by atoms with Gasteiger partial charge >= 0.3 is 0 Å². The van der Waals surface area contributed by atoms with Crippen LogP contribution in [0.15, 0.2) is 78.1 Å². The van der Waals surface area contributed by atoms with Crippen LogP contribution in [0.3, 0.4) is 0 Å². The van der Waals surface area contributed by atoms with Gasteiger partial charge in [0.25, 0.3) is 0 Å². The van der Waals surface area contributed by atoms with E-state index in [2.05, 4.69) is 15.5 Å². The van der Waals surface area contributed by atoms with E-state index in [4.69, 9.17) is 23.2 Å². The molecular weight excluding hydrogens is 427 g/mol. The maximum absolute atomic E-state index is 12.7. The van der Waals surface area contributed by atoms with E-state index in [0.717, 1.165) is 11.1 Å². The number of benzene rings is 2. The molecule has 8 heteroatoms. The van der Waals surface area contributed by atoms with Crippen molar-refractivity contribution in [2.45, 2.75) is 11.2 Å². The Balaban J connectivity index is 1.51. The Hall–Kier alpha value is -2.54. The van der Waals surface area contributed by atoms with Crippen molar-refractivity contribution in [3.63, 3.8) is 0 Å². The third-order valence-corrected chi connectivity index (χ3v) is 5.73. The number of nitrogens with one attached hydrogen (secondary N) is 1. The molecule has 0 saturated carbocycles. The van der Waals surface area contributed by atoms with E-state index in [-0.39, 0.29) is 17.7 Å². The largest absolute Gasteiger partial charge is 0.344 e. The van der Waals surface area contributed by atoms with E-state index in [9.17, 15) is 4.79 Å². The first-order valence-corrected chi connectivity index (χ1v) is 10.6. The first-order valence-electron chi connectivity index (χ1n) is 8.83. The summed E-state index contributed by atoms with van der Waals surface area (Å²) >= 11 is 13.5. The molecule has 2 aromatic heterocycles. The third kappa shape index (κ3) is 4.56. The van der Waals surface area contributed by atoms with Gasteiger partial charge in [0.05, 0.1) is 21.8 Å². The van der Waals surface area contributed by atoms with Crippen molar-refractivity contribution in [3.8, 4) is 0 Å². The highest BCUT2D eigenvalue weighted by molar-refractivity contribution is 7.99. The lowest BCUT2D eigenvalue weighted by atomic mass is 9.99. The second-order valence-corrected chi connectivity index (χ2v) is 8.08. The molecule has 1 N–H and O–H groups in total. The lowest BCUT2D eigenvalue weighted by molar-refractivity contribution is -0.119. The molecule has 0 unspecified atom stereocenters. The number of carbonyl (C=O) groups is 1. The Morgan fingerprint density at radius 1 is 1.00 bits per heavy atom. The Morgan fingerprint density at radius 3 is 2.24 bits per heavy atom. The van der Waals surface area contributed by atoms with Crippen molar-refractivity contribution in [2.24, 2.45) is 0 Å². The number of aromatic nitrogens is 3. The highest BCUT2D eigenvalue weighted by Gasteiger charge is 2.18. The highest BCUT2D eigenvalue weighted by atomic mass is 35.5. The van der Waals surface area contributed by atoms with E-state index in [0.29, 0.717) is 20.8 Å². The van der Waals surface area contributed by atoms with E-state index in [1.807, 2.05) is 60.7 Å². The number of halogens is 2. The molecule has 2 heterocycles. The number of fused-ring (bicyclic) bond motifs is 1. The van der Waals surface area contributed by atoms with Gasteiger partial charge in [0.1, 0.15) is 0 Å². The van der Waals surface area contributed by atoms with Crippen molar-refractivity contribution in [1.29, 1.82) is 0 Å². The molecule has 2 aromatic carbocycles. The Kier molecular flexibility index (Phi) is 6.04. The molecule has 0 atom stereocenters. The third-order valence-electron chi connectivity index (χ3n) is 4.30. The molecular formula is C21H16Cl2N4OS. The Morgan fingerprint density at radius 2 is 1.62 bits per heavy atom. The predicted molar refractivity (Wildman–Crippen MR) is 117 cm³/mol. The molecule has 0 aliphatic carbocycles.